The summed E-state index contributed by atoms with van der Waals surface area (Å²) < 4.78 is 5.59. The SMILES string of the molecule is CN=C(NCCNC(=O)CC1CCCC1)N1CCC2(CCOC2)C1.I. The number of carbonyl (C=O) groups excluding carboxylic acids is 1. The summed E-state index contributed by atoms with van der Waals surface area (Å²) in [6.07, 6.45) is 8.07. The minimum Gasteiger partial charge on any atom is -0.381 e. The van der Waals surface area contributed by atoms with Crippen molar-refractivity contribution in [2.24, 2.45) is 16.3 Å². The molecule has 3 rings (SSSR count). The first kappa shape index (κ1) is 20.7. The summed E-state index contributed by atoms with van der Waals surface area (Å²) in [5.74, 6) is 1.76. The van der Waals surface area contributed by atoms with E-state index in [1.54, 1.807) is 0 Å². The Morgan fingerprint density at radius 3 is 2.68 bits per heavy atom. The molecule has 0 aromatic rings. The van der Waals surface area contributed by atoms with E-state index in [1.807, 2.05) is 7.05 Å². The Bertz CT molecular complexity index is 460. The molecule has 1 spiro atoms. The molecule has 1 saturated carbocycles. The van der Waals surface area contributed by atoms with Crippen LogP contribution in [-0.2, 0) is 9.53 Å². The van der Waals surface area contributed by atoms with Gasteiger partial charge in [0.05, 0.1) is 6.61 Å². The third-order valence-electron chi connectivity index (χ3n) is 5.81. The van der Waals surface area contributed by atoms with E-state index >= 15 is 0 Å². The van der Waals surface area contributed by atoms with Gasteiger partial charge in [-0.25, -0.2) is 0 Å². The number of likely N-dealkylation sites (tertiary alicyclic amines) is 1. The van der Waals surface area contributed by atoms with Crippen LogP contribution in [0.15, 0.2) is 4.99 Å². The van der Waals surface area contributed by atoms with Crippen LogP contribution in [0.4, 0.5) is 0 Å². The van der Waals surface area contributed by atoms with Crippen molar-refractivity contribution in [1.29, 1.82) is 0 Å². The van der Waals surface area contributed by atoms with E-state index in [4.69, 9.17) is 4.74 Å². The number of halogens is 1. The van der Waals surface area contributed by atoms with Gasteiger partial charge in [0.1, 0.15) is 0 Å². The van der Waals surface area contributed by atoms with Crippen molar-refractivity contribution in [3.05, 3.63) is 0 Å². The Kier molecular flexibility index (Phi) is 8.25. The van der Waals surface area contributed by atoms with Crippen LogP contribution < -0.4 is 10.6 Å². The molecule has 1 amide bonds. The minimum absolute atomic E-state index is 0. The fourth-order valence-electron chi connectivity index (χ4n) is 4.34. The topological polar surface area (TPSA) is 66.0 Å². The minimum atomic E-state index is 0. The highest BCUT2D eigenvalue weighted by molar-refractivity contribution is 14.0. The van der Waals surface area contributed by atoms with E-state index in [-0.39, 0.29) is 29.9 Å². The highest BCUT2D eigenvalue weighted by Gasteiger charge is 2.42. The highest BCUT2D eigenvalue weighted by Crippen LogP contribution is 2.38. The standard InChI is InChI=1S/C18H32N4O2.HI/c1-19-17(22-10-6-18(13-22)7-11-24-14-18)21-9-8-20-16(23)12-15-4-2-3-5-15;/h15H,2-14H2,1H3,(H,19,21)(H,20,23);1H. The van der Waals surface area contributed by atoms with Crippen LogP contribution in [-0.4, -0.2) is 63.2 Å². The maximum atomic E-state index is 11.9. The van der Waals surface area contributed by atoms with Gasteiger partial charge in [-0.15, -0.1) is 24.0 Å². The van der Waals surface area contributed by atoms with Crippen LogP contribution in [0.5, 0.6) is 0 Å². The molecule has 2 aliphatic heterocycles. The molecule has 3 aliphatic rings. The second-order valence-corrected chi connectivity index (χ2v) is 7.65. The second-order valence-electron chi connectivity index (χ2n) is 7.65. The van der Waals surface area contributed by atoms with Gasteiger partial charge < -0.3 is 20.3 Å². The molecule has 7 heteroatoms. The number of rotatable bonds is 5. The summed E-state index contributed by atoms with van der Waals surface area (Å²) >= 11 is 0. The molecule has 0 radical (unpaired) electrons. The molecule has 2 heterocycles. The Balaban J connectivity index is 0.00000225. The zero-order chi connectivity index (χ0) is 16.8. The van der Waals surface area contributed by atoms with Crippen molar-refractivity contribution >= 4 is 35.8 Å². The van der Waals surface area contributed by atoms with E-state index < -0.39 is 0 Å². The van der Waals surface area contributed by atoms with Gasteiger partial charge in [0.15, 0.2) is 5.96 Å². The predicted molar refractivity (Wildman–Crippen MR) is 110 cm³/mol. The third-order valence-corrected chi connectivity index (χ3v) is 5.81. The van der Waals surface area contributed by atoms with Crippen LogP contribution in [0.2, 0.25) is 0 Å². The second kappa shape index (κ2) is 9.94. The van der Waals surface area contributed by atoms with Gasteiger partial charge in [-0.05, 0) is 31.6 Å². The Morgan fingerprint density at radius 2 is 2.00 bits per heavy atom. The zero-order valence-corrected chi connectivity index (χ0v) is 17.7. The molecule has 1 aliphatic carbocycles. The fraction of sp³-hybridized carbons (Fsp3) is 0.889. The molecule has 1 unspecified atom stereocenters. The molecule has 1 atom stereocenters. The molecule has 6 nitrogen and oxygen atoms in total. The largest absolute Gasteiger partial charge is 0.381 e. The van der Waals surface area contributed by atoms with E-state index in [0.717, 1.165) is 45.2 Å². The Morgan fingerprint density at radius 1 is 1.24 bits per heavy atom. The van der Waals surface area contributed by atoms with E-state index in [2.05, 4.69) is 20.5 Å². The third kappa shape index (κ3) is 5.70. The average molecular weight is 464 g/mol. The van der Waals surface area contributed by atoms with Crippen molar-refractivity contribution in [3.8, 4) is 0 Å². The number of hydrogen-bond acceptors (Lipinski definition) is 3. The van der Waals surface area contributed by atoms with Gasteiger partial charge in [-0.2, -0.15) is 0 Å². The van der Waals surface area contributed by atoms with E-state index in [9.17, 15) is 4.79 Å². The smallest absolute Gasteiger partial charge is 0.220 e. The van der Waals surface area contributed by atoms with Crippen LogP contribution in [0.25, 0.3) is 0 Å². The van der Waals surface area contributed by atoms with E-state index in [1.165, 1.54) is 32.1 Å². The molecule has 0 aromatic carbocycles. The number of guanidine groups is 1. The van der Waals surface area contributed by atoms with Crippen molar-refractivity contribution in [3.63, 3.8) is 0 Å². The summed E-state index contributed by atoms with van der Waals surface area (Å²) in [4.78, 5) is 18.7. The Hall–Kier alpha value is -0.570. The molecule has 144 valence electrons. The molecule has 3 fully saturated rings. The quantitative estimate of drug-likeness (QED) is 0.283. The summed E-state index contributed by atoms with van der Waals surface area (Å²) in [6.45, 7) is 5.23. The van der Waals surface area contributed by atoms with Crippen molar-refractivity contribution in [1.82, 2.24) is 15.5 Å². The number of amides is 1. The van der Waals surface area contributed by atoms with Crippen LogP contribution in [0.3, 0.4) is 0 Å². The van der Waals surface area contributed by atoms with Gasteiger partial charge in [0.25, 0.3) is 0 Å². The first-order valence-electron chi connectivity index (χ1n) is 9.51. The Labute approximate surface area is 168 Å². The highest BCUT2D eigenvalue weighted by atomic mass is 127. The van der Waals surface area contributed by atoms with Gasteiger partial charge in [-0.3, -0.25) is 9.79 Å². The molecule has 0 bridgehead atoms. The van der Waals surface area contributed by atoms with Crippen LogP contribution in [0, 0.1) is 11.3 Å². The molecule has 2 saturated heterocycles. The number of nitrogens with zero attached hydrogens (tertiary/aromatic N) is 2. The van der Waals surface area contributed by atoms with Gasteiger partial charge >= 0.3 is 0 Å². The fourth-order valence-corrected chi connectivity index (χ4v) is 4.34. The van der Waals surface area contributed by atoms with E-state index in [0.29, 0.717) is 24.3 Å². The van der Waals surface area contributed by atoms with Crippen molar-refractivity contribution < 1.29 is 9.53 Å². The summed E-state index contributed by atoms with van der Waals surface area (Å²) in [5.41, 5.74) is 0.340. The lowest BCUT2D eigenvalue weighted by molar-refractivity contribution is -0.121. The van der Waals surface area contributed by atoms with Gasteiger partial charge in [0, 0.05) is 51.7 Å². The number of carbonyl (C=O) groups is 1. The lowest BCUT2D eigenvalue weighted by Gasteiger charge is -2.25. The van der Waals surface area contributed by atoms with Crippen molar-refractivity contribution in [2.75, 3.05) is 46.4 Å². The van der Waals surface area contributed by atoms with Gasteiger partial charge in [0.2, 0.25) is 5.91 Å². The maximum Gasteiger partial charge on any atom is 0.220 e. The van der Waals surface area contributed by atoms with Crippen molar-refractivity contribution in [2.45, 2.75) is 44.9 Å². The average Bonchev–Trinajstić information content (AvgIpc) is 3.32. The predicted octanol–water partition coefficient (Wildman–Crippen LogP) is 1.99. The number of nitrogens with one attached hydrogen (secondary N) is 2. The molecular weight excluding hydrogens is 431 g/mol. The van der Waals surface area contributed by atoms with Crippen LogP contribution >= 0.6 is 24.0 Å². The number of ether oxygens (including phenoxy) is 1. The molecule has 0 aromatic heterocycles. The lowest BCUT2D eigenvalue weighted by Crippen LogP contribution is -2.44. The van der Waals surface area contributed by atoms with Crippen LogP contribution in [0.1, 0.15) is 44.9 Å². The first-order chi connectivity index (χ1) is 11.7. The monoisotopic (exact) mass is 464 g/mol. The normalized spacial score (nSPS) is 26.9. The zero-order valence-electron chi connectivity index (χ0n) is 15.4. The lowest BCUT2D eigenvalue weighted by atomic mass is 9.87. The molecular formula is C18H33IN4O2. The summed E-state index contributed by atoms with van der Waals surface area (Å²) in [5, 5.41) is 6.42. The summed E-state index contributed by atoms with van der Waals surface area (Å²) in [7, 11) is 1.83. The number of hydrogen-bond donors (Lipinski definition) is 2. The summed E-state index contributed by atoms with van der Waals surface area (Å²) in [6, 6.07) is 0. The maximum absolute atomic E-state index is 11.9. The van der Waals surface area contributed by atoms with Gasteiger partial charge in [-0.1, -0.05) is 12.8 Å². The number of aliphatic imine (C=N–C) groups is 1. The first-order valence-corrected chi connectivity index (χ1v) is 9.51. The molecule has 25 heavy (non-hydrogen) atoms. The molecule has 2 N–H and O–H groups in total.